The minimum atomic E-state index is -5.69. The second-order valence-corrected chi connectivity index (χ2v) is 11.2. The molecular formula is C21H20BrF2N2O4PS. The van der Waals surface area contributed by atoms with Crippen LogP contribution in [-0.2, 0) is 16.8 Å². The second kappa shape index (κ2) is 8.93. The first kappa shape index (κ1) is 23.5. The Morgan fingerprint density at radius 3 is 2.66 bits per heavy atom. The van der Waals surface area contributed by atoms with Crippen LogP contribution in [0.3, 0.4) is 0 Å². The summed E-state index contributed by atoms with van der Waals surface area (Å²) in [6, 6.07) is 14.5. The highest BCUT2D eigenvalue weighted by Gasteiger charge is 2.53. The van der Waals surface area contributed by atoms with Gasteiger partial charge < -0.3 is 15.1 Å². The highest BCUT2D eigenvalue weighted by atomic mass is 79.9. The van der Waals surface area contributed by atoms with Crippen molar-refractivity contribution in [1.29, 1.82) is 0 Å². The Bertz CT molecular complexity index is 1200. The van der Waals surface area contributed by atoms with E-state index in [9.17, 15) is 18.1 Å². The molecule has 1 amide bonds. The molecule has 0 spiro atoms. The molecule has 2 aromatic carbocycles. The Labute approximate surface area is 195 Å². The zero-order valence-electron chi connectivity index (χ0n) is 16.7. The maximum atomic E-state index is 14.2. The summed E-state index contributed by atoms with van der Waals surface area (Å²) in [4.78, 5) is 32.4. The van der Waals surface area contributed by atoms with Gasteiger partial charge in [-0.2, -0.15) is 8.78 Å². The molecule has 3 N–H and O–H groups in total. The van der Waals surface area contributed by atoms with E-state index in [1.54, 1.807) is 0 Å². The molecule has 1 aliphatic heterocycles. The smallest absolute Gasteiger partial charge is 0.348 e. The van der Waals surface area contributed by atoms with Crippen molar-refractivity contribution in [3.63, 3.8) is 0 Å². The molecule has 2 heterocycles. The van der Waals surface area contributed by atoms with Crippen LogP contribution in [0.2, 0.25) is 0 Å². The van der Waals surface area contributed by atoms with Gasteiger partial charge in [0.1, 0.15) is 4.88 Å². The number of rotatable bonds is 6. The first-order valence-electron chi connectivity index (χ1n) is 9.79. The topological polar surface area (TPSA) is 89.9 Å². The van der Waals surface area contributed by atoms with Gasteiger partial charge in [0.25, 0.3) is 5.91 Å². The average molecular weight is 545 g/mol. The van der Waals surface area contributed by atoms with Crippen molar-refractivity contribution in [2.75, 3.05) is 13.1 Å². The predicted octanol–water partition coefficient (Wildman–Crippen LogP) is 4.90. The van der Waals surface area contributed by atoms with E-state index in [1.807, 2.05) is 18.2 Å². The summed E-state index contributed by atoms with van der Waals surface area (Å²) in [6.07, 6.45) is 0.807. The van der Waals surface area contributed by atoms with Gasteiger partial charge in [-0.3, -0.25) is 14.3 Å². The Kier molecular flexibility index (Phi) is 6.55. The highest BCUT2D eigenvalue weighted by Crippen LogP contribution is 2.62. The van der Waals surface area contributed by atoms with Gasteiger partial charge in [-0.25, -0.2) is 0 Å². The van der Waals surface area contributed by atoms with Crippen molar-refractivity contribution in [2.24, 2.45) is 0 Å². The maximum Gasteiger partial charge on any atom is 0.400 e. The number of amides is 1. The SMILES string of the molecule is O=C(NC1CCN(Cc2ccccc2)C1)c1ccc2sc(C(F)(F)P(=O)(O)O)c(Br)c2c1. The third-order valence-corrected chi connectivity index (χ3v) is 8.82. The van der Waals surface area contributed by atoms with Gasteiger partial charge >= 0.3 is 13.3 Å². The summed E-state index contributed by atoms with van der Waals surface area (Å²) in [7, 11) is -5.69. The molecule has 32 heavy (non-hydrogen) atoms. The molecule has 1 unspecified atom stereocenters. The lowest BCUT2D eigenvalue weighted by Crippen LogP contribution is -2.36. The van der Waals surface area contributed by atoms with E-state index in [0.29, 0.717) is 33.5 Å². The predicted molar refractivity (Wildman–Crippen MR) is 123 cm³/mol. The highest BCUT2D eigenvalue weighted by molar-refractivity contribution is 9.10. The van der Waals surface area contributed by atoms with E-state index in [2.05, 4.69) is 38.3 Å². The number of hydrogen-bond acceptors (Lipinski definition) is 4. The summed E-state index contributed by atoms with van der Waals surface area (Å²) < 4.78 is 40.0. The first-order valence-corrected chi connectivity index (χ1v) is 13.0. The van der Waals surface area contributed by atoms with Crippen molar-refractivity contribution in [3.8, 4) is 0 Å². The Morgan fingerprint density at radius 1 is 1.25 bits per heavy atom. The Balaban J connectivity index is 1.47. The third kappa shape index (κ3) is 4.66. The lowest BCUT2D eigenvalue weighted by Gasteiger charge is -2.17. The van der Waals surface area contributed by atoms with E-state index < -0.39 is 18.1 Å². The van der Waals surface area contributed by atoms with Crippen molar-refractivity contribution in [3.05, 3.63) is 69.0 Å². The van der Waals surface area contributed by atoms with Crippen LogP contribution >= 0.6 is 34.9 Å². The van der Waals surface area contributed by atoms with Crippen molar-refractivity contribution in [1.82, 2.24) is 10.2 Å². The zero-order chi connectivity index (χ0) is 23.1. The number of halogens is 3. The van der Waals surface area contributed by atoms with Crippen LogP contribution in [0.4, 0.5) is 8.78 Å². The molecular weight excluding hydrogens is 525 g/mol. The van der Waals surface area contributed by atoms with Crippen LogP contribution in [0, 0.1) is 0 Å². The zero-order valence-corrected chi connectivity index (χ0v) is 20.0. The van der Waals surface area contributed by atoms with Crippen molar-refractivity contribution in [2.45, 2.75) is 24.7 Å². The minimum Gasteiger partial charge on any atom is -0.348 e. The Morgan fingerprint density at radius 2 is 1.97 bits per heavy atom. The van der Waals surface area contributed by atoms with Crippen molar-refractivity contribution >= 4 is 50.9 Å². The average Bonchev–Trinajstić information content (AvgIpc) is 3.32. The molecule has 1 fully saturated rings. The van der Waals surface area contributed by atoms with E-state index in [4.69, 9.17) is 9.79 Å². The molecule has 11 heteroatoms. The summed E-state index contributed by atoms with van der Waals surface area (Å²) in [5.74, 6) is -0.320. The molecule has 1 atom stereocenters. The summed E-state index contributed by atoms with van der Waals surface area (Å²) in [5, 5.41) is 3.30. The standard InChI is InChI=1S/C21H20BrF2N2O4PS/c22-18-16-10-14(6-7-17(16)32-19(18)21(23,24)31(28,29)30)20(27)25-15-8-9-26(12-15)11-13-4-2-1-3-5-13/h1-7,10,15H,8-9,11-12H2,(H,25,27)(H2,28,29,30). The normalized spacial score (nSPS) is 17.7. The molecule has 0 saturated carbocycles. The number of hydrogen-bond donors (Lipinski definition) is 3. The molecule has 1 aromatic heterocycles. The number of nitrogens with one attached hydrogen (secondary N) is 1. The lowest BCUT2D eigenvalue weighted by molar-refractivity contribution is 0.0595. The van der Waals surface area contributed by atoms with Crippen LogP contribution in [0.5, 0.6) is 0 Å². The van der Waals surface area contributed by atoms with E-state index in [-0.39, 0.29) is 16.4 Å². The number of likely N-dealkylation sites (tertiary alicyclic amines) is 1. The van der Waals surface area contributed by atoms with Gasteiger partial charge in [-0.05, 0) is 46.1 Å². The number of benzene rings is 2. The fourth-order valence-electron chi connectivity index (χ4n) is 3.74. The minimum absolute atomic E-state index is 0.0256. The van der Waals surface area contributed by atoms with E-state index in [1.165, 1.54) is 23.8 Å². The van der Waals surface area contributed by atoms with Gasteiger partial charge in [0.05, 0.1) is 0 Å². The fraction of sp³-hybridized carbons (Fsp3) is 0.286. The second-order valence-electron chi connectivity index (χ2n) is 7.72. The van der Waals surface area contributed by atoms with Gasteiger partial charge in [0.2, 0.25) is 0 Å². The van der Waals surface area contributed by atoms with Crippen LogP contribution in [-0.4, -0.2) is 39.7 Å². The van der Waals surface area contributed by atoms with Crippen molar-refractivity contribution < 1.29 is 27.9 Å². The molecule has 0 bridgehead atoms. The molecule has 0 radical (unpaired) electrons. The van der Waals surface area contributed by atoms with Gasteiger partial charge in [-0.15, -0.1) is 11.3 Å². The summed E-state index contributed by atoms with van der Waals surface area (Å²) in [6.45, 7) is 2.37. The maximum absolute atomic E-state index is 14.2. The molecule has 4 rings (SSSR count). The fourth-order valence-corrected chi connectivity index (χ4v) is 6.66. The van der Waals surface area contributed by atoms with Gasteiger partial charge in [-0.1, -0.05) is 30.3 Å². The first-order chi connectivity index (χ1) is 15.1. The molecule has 3 aromatic rings. The monoisotopic (exact) mass is 544 g/mol. The molecule has 6 nitrogen and oxygen atoms in total. The number of carbonyl (C=O) groups excluding carboxylic acids is 1. The third-order valence-electron chi connectivity index (χ3n) is 5.39. The van der Waals surface area contributed by atoms with Crippen LogP contribution in [0.25, 0.3) is 10.1 Å². The number of alkyl halides is 2. The van der Waals surface area contributed by atoms with E-state index in [0.717, 1.165) is 19.5 Å². The largest absolute Gasteiger partial charge is 0.400 e. The van der Waals surface area contributed by atoms with Gasteiger partial charge in [0.15, 0.2) is 0 Å². The van der Waals surface area contributed by atoms with Crippen LogP contribution in [0.15, 0.2) is 53.0 Å². The number of thiophene rings is 1. The quantitative estimate of drug-likeness (QED) is 0.384. The molecule has 170 valence electrons. The molecule has 1 aliphatic rings. The lowest BCUT2D eigenvalue weighted by atomic mass is 10.1. The Hall–Kier alpha value is -1.68. The van der Waals surface area contributed by atoms with Crippen LogP contribution in [0.1, 0.15) is 27.2 Å². The van der Waals surface area contributed by atoms with Crippen LogP contribution < -0.4 is 5.32 Å². The number of carbonyl (C=O) groups is 1. The number of fused-ring (bicyclic) bond motifs is 1. The number of nitrogens with zero attached hydrogens (tertiary/aromatic N) is 1. The summed E-state index contributed by atoms with van der Waals surface area (Å²) >= 11 is 3.62. The van der Waals surface area contributed by atoms with E-state index >= 15 is 0 Å². The molecule has 1 saturated heterocycles. The molecule has 0 aliphatic carbocycles. The summed E-state index contributed by atoms with van der Waals surface area (Å²) in [5.41, 5.74) is -2.82. The van der Waals surface area contributed by atoms with Gasteiger partial charge in [0, 0.05) is 45.8 Å².